The zero-order chi connectivity index (χ0) is 15.4. The van der Waals surface area contributed by atoms with Gasteiger partial charge in [0.15, 0.2) is 0 Å². The number of carbonyl (C=O) groups excluding carboxylic acids is 1. The number of carboxylic acids is 1. The number of likely N-dealkylation sites (tertiary alicyclic amines) is 1. The van der Waals surface area contributed by atoms with Crippen molar-refractivity contribution in [2.24, 2.45) is 5.41 Å². The van der Waals surface area contributed by atoms with Gasteiger partial charge in [0, 0.05) is 13.1 Å². The van der Waals surface area contributed by atoms with Crippen LogP contribution >= 0.6 is 0 Å². The lowest BCUT2D eigenvalue weighted by Crippen LogP contribution is -2.59. The van der Waals surface area contributed by atoms with Gasteiger partial charge in [0.1, 0.15) is 0 Å². The van der Waals surface area contributed by atoms with Crippen LogP contribution < -0.4 is 10.6 Å². The first-order valence-electron chi connectivity index (χ1n) is 7.18. The molecule has 0 aromatic rings. The standard InChI is InChI=1S/C14H27N3O3/c1-13(2,11(18)19)14(3,4)16-12(20)15-7-10-17-8-5-6-9-17/h5-10H2,1-4H3,(H,18,19)(H2,15,16,20). The van der Waals surface area contributed by atoms with Crippen LogP contribution in [0.3, 0.4) is 0 Å². The Kier molecular flexibility index (Phi) is 5.39. The van der Waals surface area contributed by atoms with E-state index in [9.17, 15) is 14.7 Å². The molecule has 6 nitrogen and oxygen atoms in total. The minimum Gasteiger partial charge on any atom is -0.481 e. The minimum absolute atomic E-state index is 0.316. The van der Waals surface area contributed by atoms with Gasteiger partial charge < -0.3 is 20.6 Å². The summed E-state index contributed by atoms with van der Waals surface area (Å²) < 4.78 is 0. The molecule has 1 rings (SSSR count). The molecule has 1 heterocycles. The molecule has 0 aromatic carbocycles. The second kappa shape index (κ2) is 6.43. The Hall–Kier alpha value is -1.30. The summed E-state index contributed by atoms with van der Waals surface area (Å²) in [5.74, 6) is -0.931. The van der Waals surface area contributed by atoms with Gasteiger partial charge in [0.25, 0.3) is 0 Å². The Morgan fingerprint density at radius 2 is 1.70 bits per heavy atom. The molecule has 0 atom stereocenters. The number of hydrogen-bond acceptors (Lipinski definition) is 3. The van der Waals surface area contributed by atoms with E-state index in [4.69, 9.17) is 0 Å². The Balaban J connectivity index is 2.38. The second-order valence-corrected chi connectivity index (χ2v) is 6.48. The molecule has 0 aromatic heterocycles. The van der Waals surface area contributed by atoms with Gasteiger partial charge in [-0.1, -0.05) is 0 Å². The van der Waals surface area contributed by atoms with Gasteiger partial charge in [-0.05, 0) is 53.6 Å². The molecule has 0 spiro atoms. The summed E-state index contributed by atoms with van der Waals surface area (Å²) in [4.78, 5) is 25.4. The molecule has 1 saturated heterocycles. The van der Waals surface area contributed by atoms with Gasteiger partial charge in [-0.25, -0.2) is 4.79 Å². The number of rotatable bonds is 6. The number of carboxylic acid groups (broad SMARTS) is 1. The number of nitrogens with zero attached hydrogens (tertiary/aromatic N) is 1. The van der Waals surface area contributed by atoms with Crippen molar-refractivity contribution < 1.29 is 14.7 Å². The summed E-state index contributed by atoms with van der Waals surface area (Å²) in [6.45, 7) is 10.3. The van der Waals surface area contributed by atoms with Crippen LogP contribution in [0.2, 0.25) is 0 Å². The molecule has 0 bridgehead atoms. The first kappa shape index (κ1) is 16.8. The van der Waals surface area contributed by atoms with E-state index in [1.807, 2.05) is 0 Å². The number of amides is 2. The van der Waals surface area contributed by atoms with Gasteiger partial charge in [0.2, 0.25) is 0 Å². The van der Waals surface area contributed by atoms with Gasteiger partial charge in [-0.3, -0.25) is 4.79 Å². The SMILES string of the molecule is CC(C)(NC(=O)NCCN1CCCC1)C(C)(C)C(=O)O. The highest BCUT2D eigenvalue weighted by Gasteiger charge is 2.44. The van der Waals surface area contributed by atoms with Crippen molar-refractivity contribution in [3.8, 4) is 0 Å². The molecule has 6 heteroatoms. The van der Waals surface area contributed by atoms with Gasteiger partial charge in [-0.2, -0.15) is 0 Å². The Morgan fingerprint density at radius 1 is 1.15 bits per heavy atom. The highest BCUT2D eigenvalue weighted by atomic mass is 16.4. The summed E-state index contributed by atoms with van der Waals surface area (Å²) in [7, 11) is 0. The zero-order valence-electron chi connectivity index (χ0n) is 13.0. The fraction of sp³-hybridized carbons (Fsp3) is 0.857. The van der Waals surface area contributed by atoms with Crippen molar-refractivity contribution in [1.29, 1.82) is 0 Å². The summed E-state index contributed by atoms with van der Waals surface area (Å²) in [6.07, 6.45) is 2.46. The van der Waals surface area contributed by atoms with Crippen molar-refractivity contribution >= 4 is 12.0 Å². The fourth-order valence-electron chi connectivity index (χ4n) is 2.09. The van der Waals surface area contributed by atoms with Crippen LogP contribution in [-0.4, -0.2) is 53.7 Å². The Morgan fingerprint density at radius 3 is 2.20 bits per heavy atom. The number of nitrogens with one attached hydrogen (secondary N) is 2. The largest absolute Gasteiger partial charge is 0.481 e. The maximum absolute atomic E-state index is 11.9. The first-order chi connectivity index (χ1) is 9.17. The van der Waals surface area contributed by atoms with E-state index in [2.05, 4.69) is 15.5 Å². The van der Waals surface area contributed by atoms with Gasteiger partial charge in [0.05, 0.1) is 11.0 Å². The van der Waals surface area contributed by atoms with Crippen LogP contribution in [0.1, 0.15) is 40.5 Å². The zero-order valence-corrected chi connectivity index (χ0v) is 13.0. The molecule has 1 aliphatic heterocycles. The summed E-state index contributed by atoms with van der Waals surface area (Å²) in [6, 6.07) is -0.316. The lowest BCUT2D eigenvalue weighted by Gasteiger charge is -2.38. The maximum atomic E-state index is 11.9. The van der Waals surface area contributed by atoms with Crippen LogP contribution in [0.15, 0.2) is 0 Å². The third-order valence-corrected chi connectivity index (χ3v) is 4.44. The molecular formula is C14H27N3O3. The molecule has 0 saturated carbocycles. The topological polar surface area (TPSA) is 81.7 Å². The summed E-state index contributed by atoms with van der Waals surface area (Å²) in [5.41, 5.74) is -1.88. The van der Waals surface area contributed by atoms with Crippen LogP contribution in [-0.2, 0) is 4.79 Å². The van der Waals surface area contributed by atoms with Crippen LogP contribution in [0, 0.1) is 5.41 Å². The van der Waals surface area contributed by atoms with Crippen molar-refractivity contribution in [2.45, 2.75) is 46.1 Å². The van der Waals surface area contributed by atoms with E-state index >= 15 is 0 Å². The Labute approximate surface area is 120 Å². The van der Waals surface area contributed by atoms with Crippen molar-refractivity contribution in [3.63, 3.8) is 0 Å². The molecule has 1 aliphatic rings. The van der Waals surface area contributed by atoms with Gasteiger partial charge in [-0.15, -0.1) is 0 Å². The van der Waals surface area contributed by atoms with Crippen molar-refractivity contribution in [3.05, 3.63) is 0 Å². The monoisotopic (exact) mass is 285 g/mol. The normalized spacial score (nSPS) is 17.0. The molecular weight excluding hydrogens is 258 g/mol. The average Bonchev–Trinajstić information content (AvgIpc) is 2.80. The van der Waals surface area contributed by atoms with Crippen LogP contribution in [0.5, 0.6) is 0 Å². The molecule has 0 aliphatic carbocycles. The van der Waals surface area contributed by atoms with E-state index < -0.39 is 16.9 Å². The third-order valence-electron chi connectivity index (χ3n) is 4.44. The van der Waals surface area contributed by atoms with E-state index in [0.29, 0.717) is 6.54 Å². The smallest absolute Gasteiger partial charge is 0.315 e. The molecule has 0 unspecified atom stereocenters. The van der Waals surface area contributed by atoms with E-state index in [-0.39, 0.29) is 6.03 Å². The third kappa shape index (κ3) is 4.10. The highest BCUT2D eigenvalue weighted by Crippen LogP contribution is 2.30. The quantitative estimate of drug-likeness (QED) is 0.686. The predicted molar refractivity (Wildman–Crippen MR) is 77.7 cm³/mol. The first-order valence-corrected chi connectivity index (χ1v) is 7.18. The molecule has 0 radical (unpaired) electrons. The van der Waals surface area contributed by atoms with Crippen molar-refractivity contribution in [1.82, 2.24) is 15.5 Å². The second-order valence-electron chi connectivity index (χ2n) is 6.48. The molecule has 116 valence electrons. The molecule has 2 amide bonds. The maximum Gasteiger partial charge on any atom is 0.315 e. The lowest BCUT2D eigenvalue weighted by atomic mass is 9.74. The molecule has 20 heavy (non-hydrogen) atoms. The number of aliphatic carboxylic acids is 1. The fourth-order valence-corrected chi connectivity index (χ4v) is 2.09. The average molecular weight is 285 g/mol. The number of carbonyl (C=O) groups is 2. The predicted octanol–water partition coefficient (Wildman–Crippen LogP) is 1.27. The van der Waals surface area contributed by atoms with Crippen molar-refractivity contribution in [2.75, 3.05) is 26.2 Å². The number of hydrogen-bond donors (Lipinski definition) is 3. The summed E-state index contributed by atoms with van der Waals surface area (Å²) in [5, 5.41) is 14.8. The van der Waals surface area contributed by atoms with E-state index in [1.165, 1.54) is 12.8 Å². The van der Waals surface area contributed by atoms with Crippen LogP contribution in [0.4, 0.5) is 4.79 Å². The highest BCUT2D eigenvalue weighted by molar-refractivity contribution is 5.79. The molecule has 3 N–H and O–H groups in total. The minimum atomic E-state index is -1.04. The van der Waals surface area contributed by atoms with Crippen LogP contribution in [0.25, 0.3) is 0 Å². The molecule has 1 fully saturated rings. The summed E-state index contributed by atoms with van der Waals surface area (Å²) >= 11 is 0. The van der Waals surface area contributed by atoms with Gasteiger partial charge >= 0.3 is 12.0 Å². The lowest BCUT2D eigenvalue weighted by molar-refractivity contribution is -0.150. The van der Waals surface area contributed by atoms with E-state index in [1.54, 1.807) is 27.7 Å². The number of urea groups is 1. The Bertz CT molecular complexity index is 361. The van der Waals surface area contributed by atoms with E-state index in [0.717, 1.165) is 19.6 Å².